The van der Waals surface area contributed by atoms with Crippen LogP contribution >= 0.6 is 0 Å². The molecule has 33 heavy (non-hydrogen) atoms. The Hall–Kier alpha value is -3.61. The molecule has 0 atom stereocenters. The number of nitrogens with one attached hydrogen (secondary N) is 2. The van der Waals surface area contributed by atoms with E-state index in [9.17, 15) is 14.7 Å². The Bertz CT molecular complexity index is 1180. The van der Waals surface area contributed by atoms with Crippen LogP contribution in [0.15, 0.2) is 48.5 Å². The van der Waals surface area contributed by atoms with Crippen LogP contribution in [0.5, 0.6) is 5.75 Å². The molecule has 1 aliphatic carbocycles. The van der Waals surface area contributed by atoms with Crippen molar-refractivity contribution < 1.29 is 14.7 Å². The summed E-state index contributed by atoms with van der Waals surface area (Å²) in [6, 6.07) is 14.4. The van der Waals surface area contributed by atoms with Gasteiger partial charge in [-0.25, -0.2) is 4.79 Å². The lowest BCUT2D eigenvalue weighted by Crippen LogP contribution is -2.30. The zero-order valence-corrected chi connectivity index (χ0v) is 19.3. The molecule has 1 aliphatic rings. The summed E-state index contributed by atoms with van der Waals surface area (Å²) < 4.78 is 1.41. The molecule has 1 saturated carbocycles. The van der Waals surface area contributed by atoms with Gasteiger partial charge in [0.2, 0.25) is 5.91 Å². The Kier molecular flexibility index (Phi) is 6.49. The fourth-order valence-corrected chi connectivity index (χ4v) is 3.82. The molecule has 2 aromatic carbocycles. The molecule has 0 unspecified atom stereocenters. The molecule has 2 amide bonds. The zero-order chi connectivity index (χ0) is 23.5. The maximum absolute atomic E-state index is 13.0. The summed E-state index contributed by atoms with van der Waals surface area (Å²) in [6.07, 6.45) is 2.43. The molecule has 1 aromatic heterocycles. The van der Waals surface area contributed by atoms with E-state index in [2.05, 4.69) is 15.7 Å². The fraction of sp³-hybridized carbons (Fsp3) is 0.346. The third-order valence-corrected chi connectivity index (χ3v) is 5.77. The van der Waals surface area contributed by atoms with Crippen LogP contribution in [0.4, 0.5) is 10.5 Å². The first-order chi connectivity index (χ1) is 15.8. The largest absolute Gasteiger partial charge is 0.507 e. The molecule has 0 spiro atoms. The monoisotopic (exact) mass is 446 g/mol. The van der Waals surface area contributed by atoms with E-state index in [1.165, 1.54) is 10.7 Å². The van der Waals surface area contributed by atoms with E-state index < -0.39 is 0 Å². The minimum Gasteiger partial charge on any atom is -0.507 e. The van der Waals surface area contributed by atoms with Crippen LogP contribution in [-0.4, -0.2) is 26.8 Å². The van der Waals surface area contributed by atoms with Gasteiger partial charge in [0.15, 0.2) is 0 Å². The lowest BCUT2D eigenvalue weighted by atomic mass is 10.1. The Labute approximate surface area is 193 Å². The first-order valence-electron chi connectivity index (χ1n) is 11.4. The first kappa shape index (κ1) is 22.6. The van der Waals surface area contributed by atoms with E-state index in [-0.39, 0.29) is 29.5 Å². The number of aromatic nitrogens is 2. The van der Waals surface area contributed by atoms with Crippen molar-refractivity contribution >= 4 is 17.6 Å². The maximum atomic E-state index is 13.0. The van der Waals surface area contributed by atoms with Crippen LogP contribution < -0.4 is 10.6 Å². The summed E-state index contributed by atoms with van der Waals surface area (Å²) in [5.74, 6) is 0.494. The number of anilines is 1. The zero-order valence-electron chi connectivity index (χ0n) is 19.3. The van der Waals surface area contributed by atoms with Gasteiger partial charge in [-0.2, -0.15) is 9.78 Å². The second-order valence-corrected chi connectivity index (χ2v) is 9.10. The van der Waals surface area contributed by atoms with Crippen molar-refractivity contribution in [3.8, 4) is 17.0 Å². The fourth-order valence-electron chi connectivity index (χ4n) is 3.82. The molecule has 7 heteroatoms. The molecule has 1 fully saturated rings. The summed E-state index contributed by atoms with van der Waals surface area (Å²) in [5.41, 5.74) is 4.56. The van der Waals surface area contributed by atoms with E-state index in [0.717, 1.165) is 29.7 Å². The highest BCUT2D eigenvalue weighted by atomic mass is 16.3. The van der Waals surface area contributed by atoms with Gasteiger partial charge in [0.1, 0.15) is 5.75 Å². The van der Waals surface area contributed by atoms with Crippen molar-refractivity contribution in [3.63, 3.8) is 0 Å². The Morgan fingerprint density at radius 3 is 2.61 bits per heavy atom. The van der Waals surface area contributed by atoms with Gasteiger partial charge < -0.3 is 15.7 Å². The van der Waals surface area contributed by atoms with Gasteiger partial charge in [-0.05, 0) is 61.1 Å². The van der Waals surface area contributed by atoms with Crippen molar-refractivity contribution in [2.75, 3.05) is 5.32 Å². The number of carbonyl (C=O) groups excluding carboxylic acids is 2. The average Bonchev–Trinajstić information content (AvgIpc) is 3.52. The number of phenols is 1. The topological polar surface area (TPSA) is 96.3 Å². The minimum atomic E-state index is -0.299. The van der Waals surface area contributed by atoms with Crippen molar-refractivity contribution in [2.24, 2.45) is 5.92 Å². The van der Waals surface area contributed by atoms with Crippen molar-refractivity contribution in [2.45, 2.75) is 52.5 Å². The molecule has 0 bridgehead atoms. The van der Waals surface area contributed by atoms with Crippen LogP contribution in [0.1, 0.15) is 55.8 Å². The number of hydrogen-bond donors (Lipinski definition) is 3. The van der Waals surface area contributed by atoms with E-state index >= 15 is 0 Å². The molecule has 0 radical (unpaired) electrons. The summed E-state index contributed by atoms with van der Waals surface area (Å²) in [5, 5.41) is 20.8. The highest BCUT2D eigenvalue weighted by molar-refractivity contribution is 5.92. The third kappa shape index (κ3) is 5.42. The molecule has 0 aliphatic heterocycles. The number of rotatable bonds is 7. The van der Waals surface area contributed by atoms with E-state index in [0.29, 0.717) is 29.9 Å². The van der Waals surface area contributed by atoms with Crippen molar-refractivity contribution in [3.05, 3.63) is 65.4 Å². The number of amides is 2. The number of benzene rings is 2. The van der Waals surface area contributed by atoms with E-state index in [1.54, 1.807) is 12.1 Å². The quantitative estimate of drug-likeness (QED) is 0.436. The molecule has 3 aromatic rings. The molecular formula is C26H30N4O3. The molecule has 172 valence electrons. The molecule has 4 rings (SSSR count). The van der Waals surface area contributed by atoms with Crippen LogP contribution in [-0.2, 0) is 11.3 Å². The number of aromatic hydroxyl groups is 1. The Morgan fingerprint density at radius 1 is 1.15 bits per heavy atom. The number of hydrogen-bond acceptors (Lipinski definition) is 4. The summed E-state index contributed by atoms with van der Waals surface area (Å²) in [7, 11) is 0. The normalized spacial score (nSPS) is 13.2. The van der Waals surface area contributed by atoms with Gasteiger partial charge in [0.25, 0.3) is 0 Å². The molecule has 7 nitrogen and oxygen atoms in total. The number of aryl methyl sites for hydroxylation is 1. The predicted octanol–water partition coefficient (Wildman–Crippen LogP) is 5.18. The summed E-state index contributed by atoms with van der Waals surface area (Å²) in [6.45, 7) is 6.39. The van der Waals surface area contributed by atoms with Gasteiger partial charge in [0, 0.05) is 30.1 Å². The molecule has 3 N–H and O–H groups in total. The van der Waals surface area contributed by atoms with Gasteiger partial charge in [-0.3, -0.25) is 4.79 Å². The van der Waals surface area contributed by atoms with Crippen LogP contribution in [0.3, 0.4) is 0 Å². The Morgan fingerprint density at radius 2 is 1.91 bits per heavy atom. The third-order valence-electron chi connectivity index (χ3n) is 5.77. The minimum absolute atomic E-state index is 0.0455. The van der Waals surface area contributed by atoms with Crippen LogP contribution in [0.2, 0.25) is 0 Å². The highest BCUT2D eigenvalue weighted by Gasteiger charge is 2.30. The SMILES string of the molecule is Cc1ccccc1CNC(=O)n1nc(-c2cc(NC(=O)CC(C)C)ccc2O)cc1C1CC1. The van der Waals surface area contributed by atoms with Gasteiger partial charge in [-0.15, -0.1) is 0 Å². The van der Waals surface area contributed by atoms with Gasteiger partial charge >= 0.3 is 6.03 Å². The molecule has 0 saturated heterocycles. The predicted molar refractivity (Wildman–Crippen MR) is 128 cm³/mol. The van der Waals surface area contributed by atoms with Crippen molar-refractivity contribution in [1.82, 2.24) is 15.1 Å². The van der Waals surface area contributed by atoms with E-state index in [1.807, 2.05) is 51.1 Å². The standard InChI is InChI=1S/C26H30N4O3/c1-16(2)12-25(32)28-20-10-11-24(31)21(13-20)22-14-23(18-8-9-18)30(29-22)26(33)27-15-19-7-5-4-6-17(19)3/h4-7,10-11,13-14,16,18,31H,8-9,12,15H2,1-3H3,(H,27,33)(H,28,32). The highest BCUT2D eigenvalue weighted by Crippen LogP contribution is 2.42. The number of nitrogens with zero attached hydrogens (tertiary/aromatic N) is 2. The van der Waals surface area contributed by atoms with Gasteiger partial charge in [0.05, 0.1) is 11.4 Å². The van der Waals surface area contributed by atoms with Crippen LogP contribution in [0, 0.1) is 12.8 Å². The average molecular weight is 447 g/mol. The molecule has 1 heterocycles. The lowest BCUT2D eigenvalue weighted by Gasteiger charge is -2.10. The van der Waals surface area contributed by atoms with E-state index in [4.69, 9.17) is 0 Å². The molecular weight excluding hydrogens is 416 g/mol. The van der Waals surface area contributed by atoms with Gasteiger partial charge in [-0.1, -0.05) is 38.1 Å². The second kappa shape index (κ2) is 9.48. The lowest BCUT2D eigenvalue weighted by molar-refractivity contribution is -0.116. The maximum Gasteiger partial charge on any atom is 0.342 e. The van der Waals surface area contributed by atoms with Crippen LogP contribution in [0.25, 0.3) is 11.3 Å². The smallest absolute Gasteiger partial charge is 0.342 e. The number of carbonyl (C=O) groups is 2. The number of phenolic OH excluding ortho intramolecular Hbond substituents is 1. The summed E-state index contributed by atoms with van der Waals surface area (Å²) in [4.78, 5) is 25.2. The first-order valence-corrected chi connectivity index (χ1v) is 11.4. The summed E-state index contributed by atoms with van der Waals surface area (Å²) >= 11 is 0. The second-order valence-electron chi connectivity index (χ2n) is 9.10. The van der Waals surface area contributed by atoms with Crippen molar-refractivity contribution in [1.29, 1.82) is 0 Å². The Balaban J connectivity index is 1.57.